The molecular weight excluding hydrogens is 292 g/mol. The van der Waals surface area contributed by atoms with Crippen LogP contribution >= 0.6 is 0 Å². The SMILES string of the molecule is CCC(C(NCc1ccc(OC)cc1)C1CCCCC1)[N+](=O)[O-]. The summed E-state index contributed by atoms with van der Waals surface area (Å²) < 4.78 is 5.17. The average molecular weight is 320 g/mol. The first kappa shape index (κ1) is 17.7. The molecule has 1 fully saturated rings. The number of hydrogen-bond acceptors (Lipinski definition) is 4. The smallest absolute Gasteiger partial charge is 0.228 e. The Morgan fingerprint density at radius 3 is 2.43 bits per heavy atom. The lowest BCUT2D eigenvalue weighted by Gasteiger charge is -2.32. The molecule has 1 aliphatic carbocycles. The Morgan fingerprint density at radius 1 is 1.26 bits per heavy atom. The van der Waals surface area contributed by atoms with Crippen molar-refractivity contribution in [2.24, 2.45) is 5.92 Å². The Balaban J connectivity index is 2.04. The van der Waals surface area contributed by atoms with E-state index in [1.807, 2.05) is 31.2 Å². The molecule has 0 aliphatic heterocycles. The van der Waals surface area contributed by atoms with Crippen LogP contribution in [-0.4, -0.2) is 24.1 Å². The van der Waals surface area contributed by atoms with E-state index in [0.717, 1.165) is 24.2 Å². The fourth-order valence-corrected chi connectivity index (χ4v) is 3.62. The molecule has 0 amide bonds. The van der Waals surface area contributed by atoms with E-state index in [9.17, 15) is 10.1 Å². The van der Waals surface area contributed by atoms with Gasteiger partial charge in [-0.05, 0) is 36.5 Å². The second kappa shape index (κ2) is 8.87. The van der Waals surface area contributed by atoms with Gasteiger partial charge in [0.15, 0.2) is 0 Å². The zero-order valence-corrected chi connectivity index (χ0v) is 14.2. The lowest BCUT2D eigenvalue weighted by Crippen LogP contribution is -2.49. The second-order valence-corrected chi connectivity index (χ2v) is 6.41. The number of rotatable bonds is 8. The summed E-state index contributed by atoms with van der Waals surface area (Å²) in [7, 11) is 1.65. The molecule has 1 aliphatic rings. The third kappa shape index (κ3) is 4.93. The van der Waals surface area contributed by atoms with Gasteiger partial charge in [-0.2, -0.15) is 0 Å². The predicted octanol–water partition coefficient (Wildman–Crippen LogP) is 3.79. The van der Waals surface area contributed by atoms with E-state index in [-0.39, 0.29) is 11.0 Å². The number of nitrogens with one attached hydrogen (secondary N) is 1. The molecule has 2 unspecified atom stereocenters. The van der Waals surface area contributed by atoms with Crippen LogP contribution < -0.4 is 10.1 Å². The summed E-state index contributed by atoms with van der Waals surface area (Å²) in [4.78, 5) is 11.4. The van der Waals surface area contributed by atoms with Crippen LogP contribution in [0.5, 0.6) is 5.75 Å². The molecule has 128 valence electrons. The van der Waals surface area contributed by atoms with Crippen LogP contribution in [0.3, 0.4) is 0 Å². The lowest BCUT2D eigenvalue weighted by atomic mass is 9.80. The standard InChI is InChI=1S/C18H28N2O3/c1-3-17(20(21)22)18(15-7-5-4-6-8-15)19-13-14-9-11-16(23-2)12-10-14/h9-12,15,17-19H,3-8,13H2,1-2H3. The minimum Gasteiger partial charge on any atom is -0.497 e. The fraction of sp³-hybridized carbons (Fsp3) is 0.667. The molecule has 1 N–H and O–H groups in total. The molecule has 23 heavy (non-hydrogen) atoms. The molecule has 2 rings (SSSR count). The molecule has 1 saturated carbocycles. The monoisotopic (exact) mass is 320 g/mol. The first-order chi connectivity index (χ1) is 11.2. The van der Waals surface area contributed by atoms with E-state index in [2.05, 4.69) is 5.32 Å². The van der Waals surface area contributed by atoms with Crippen molar-refractivity contribution >= 4 is 0 Å². The van der Waals surface area contributed by atoms with Crippen molar-refractivity contribution < 1.29 is 9.66 Å². The van der Waals surface area contributed by atoms with E-state index < -0.39 is 6.04 Å². The van der Waals surface area contributed by atoms with Gasteiger partial charge in [0, 0.05) is 17.9 Å². The maximum atomic E-state index is 11.5. The van der Waals surface area contributed by atoms with Crippen LogP contribution in [0.25, 0.3) is 0 Å². The normalized spacial score (nSPS) is 18.3. The third-order valence-electron chi connectivity index (χ3n) is 4.96. The van der Waals surface area contributed by atoms with Gasteiger partial charge in [0.05, 0.1) is 13.2 Å². The topological polar surface area (TPSA) is 64.4 Å². The zero-order valence-electron chi connectivity index (χ0n) is 14.2. The van der Waals surface area contributed by atoms with Crippen LogP contribution in [0.1, 0.15) is 51.0 Å². The van der Waals surface area contributed by atoms with Gasteiger partial charge in [-0.1, -0.05) is 38.3 Å². The Hall–Kier alpha value is -1.62. The molecule has 1 aromatic carbocycles. The highest BCUT2D eigenvalue weighted by molar-refractivity contribution is 5.27. The third-order valence-corrected chi connectivity index (χ3v) is 4.96. The average Bonchev–Trinajstić information content (AvgIpc) is 2.59. The molecule has 0 saturated heterocycles. The summed E-state index contributed by atoms with van der Waals surface area (Å²) in [5.41, 5.74) is 1.13. The molecule has 0 aromatic heterocycles. The first-order valence-corrected chi connectivity index (χ1v) is 8.65. The summed E-state index contributed by atoms with van der Waals surface area (Å²) in [6.45, 7) is 2.58. The molecule has 5 heteroatoms. The van der Waals surface area contributed by atoms with E-state index in [4.69, 9.17) is 4.74 Å². The van der Waals surface area contributed by atoms with Crippen molar-refractivity contribution in [3.63, 3.8) is 0 Å². The van der Waals surface area contributed by atoms with Gasteiger partial charge in [-0.3, -0.25) is 10.1 Å². The Labute approximate surface area is 138 Å². The van der Waals surface area contributed by atoms with Crippen LogP contribution in [0.4, 0.5) is 0 Å². The first-order valence-electron chi connectivity index (χ1n) is 8.65. The minimum atomic E-state index is -0.503. The maximum Gasteiger partial charge on any atom is 0.228 e. The maximum absolute atomic E-state index is 11.5. The molecule has 0 bridgehead atoms. The van der Waals surface area contributed by atoms with Crippen LogP contribution in [-0.2, 0) is 6.54 Å². The second-order valence-electron chi connectivity index (χ2n) is 6.41. The summed E-state index contributed by atoms with van der Waals surface area (Å²) >= 11 is 0. The molecular formula is C18H28N2O3. The van der Waals surface area contributed by atoms with Gasteiger partial charge in [0.1, 0.15) is 5.75 Å². The predicted molar refractivity (Wildman–Crippen MR) is 91.3 cm³/mol. The Bertz CT molecular complexity index is 484. The summed E-state index contributed by atoms with van der Waals surface area (Å²) in [5, 5.41) is 15.0. The Morgan fingerprint density at radius 2 is 1.91 bits per heavy atom. The van der Waals surface area contributed by atoms with Crippen LogP contribution in [0, 0.1) is 16.0 Å². The molecule has 0 radical (unpaired) electrons. The lowest BCUT2D eigenvalue weighted by molar-refractivity contribution is -0.529. The van der Waals surface area contributed by atoms with Gasteiger partial charge in [0.25, 0.3) is 0 Å². The Kier molecular flexibility index (Phi) is 6.84. The van der Waals surface area contributed by atoms with E-state index in [1.54, 1.807) is 7.11 Å². The molecule has 0 spiro atoms. The van der Waals surface area contributed by atoms with Crippen molar-refractivity contribution in [3.8, 4) is 5.75 Å². The highest BCUT2D eigenvalue weighted by Gasteiger charge is 2.36. The minimum absolute atomic E-state index is 0.0441. The molecule has 5 nitrogen and oxygen atoms in total. The quantitative estimate of drug-likeness (QED) is 0.584. The number of nitro groups is 1. The van der Waals surface area contributed by atoms with E-state index in [0.29, 0.717) is 18.9 Å². The van der Waals surface area contributed by atoms with Crippen molar-refractivity contribution in [1.82, 2.24) is 5.32 Å². The largest absolute Gasteiger partial charge is 0.497 e. The summed E-state index contributed by atoms with van der Waals surface area (Å²) in [6, 6.07) is 7.33. The van der Waals surface area contributed by atoms with E-state index >= 15 is 0 Å². The van der Waals surface area contributed by atoms with Crippen molar-refractivity contribution in [2.45, 2.75) is 64.1 Å². The van der Waals surface area contributed by atoms with Gasteiger partial charge < -0.3 is 10.1 Å². The number of methoxy groups -OCH3 is 1. The van der Waals surface area contributed by atoms with Gasteiger partial charge in [-0.15, -0.1) is 0 Å². The molecule has 1 aromatic rings. The van der Waals surface area contributed by atoms with Gasteiger partial charge >= 0.3 is 0 Å². The van der Waals surface area contributed by atoms with Crippen molar-refractivity contribution in [1.29, 1.82) is 0 Å². The van der Waals surface area contributed by atoms with Crippen LogP contribution in [0.15, 0.2) is 24.3 Å². The van der Waals surface area contributed by atoms with Crippen LogP contribution in [0.2, 0.25) is 0 Å². The summed E-state index contributed by atoms with van der Waals surface area (Å²) in [6.07, 6.45) is 6.43. The van der Waals surface area contributed by atoms with Crippen molar-refractivity contribution in [3.05, 3.63) is 39.9 Å². The number of hydrogen-bond donors (Lipinski definition) is 1. The highest BCUT2D eigenvalue weighted by Crippen LogP contribution is 2.29. The van der Waals surface area contributed by atoms with E-state index in [1.165, 1.54) is 19.3 Å². The zero-order chi connectivity index (χ0) is 16.7. The molecule has 0 heterocycles. The van der Waals surface area contributed by atoms with Crippen molar-refractivity contribution in [2.75, 3.05) is 7.11 Å². The van der Waals surface area contributed by atoms with Gasteiger partial charge in [0.2, 0.25) is 6.04 Å². The van der Waals surface area contributed by atoms with Gasteiger partial charge in [-0.25, -0.2) is 0 Å². The number of nitrogens with zero attached hydrogens (tertiary/aromatic N) is 1. The molecule has 2 atom stereocenters. The number of ether oxygens (including phenoxy) is 1. The fourth-order valence-electron chi connectivity index (χ4n) is 3.62. The highest BCUT2D eigenvalue weighted by atomic mass is 16.6. The summed E-state index contributed by atoms with van der Waals surface area (Å²) in [5.74, 6) is 1.24. The number of benzene rings is 1.